The van der Waals surface area contributed by atoms with Crippen molar-refractivity contribution in [1.82, 2.24) is 5.32 Å². The van der Waals surface area contributed by atoms with Crippen LogP contribution in [0.1, 0.15) is 13.3 Å². The largest absolute Gasteiger partial charge is 0.494 e. The number of ether oxygens (including phenoxy) is 1. The summed E-state index contributed by atoms with van der Waals surface area (Å²) in [6, 6.07) is 12.0. The van der Waals surface area contributed by atoms with Gasteiger partial charge in [-0.2, -0.15) is 0 Å². The van der Waals surface area contributed by atoms with E-state index in [9.17, 15) is 14.0 Å². The van der Waals surface area contributed by atoms with E-state index in [2.05, 4.69) is 10.6 Å². The average molecular weight is 357 g/mol. The fourth-order valence-electron chi connectivity index (χ4n) is 2.83. The van der Waals surface area contributed by atoms with Crippen molar-refractivity contribution in [3.63, 3.8) is 0 Å². The van der Waals surface area contributed by atoms with Gasteiger partial charge in [0.15, 0.2) is 0 Å². The molecule has 26 heavy (non-hydrogen) atoms. The summed E-state index contributed by atoms with van der Waals surface area (Å²) in [6.07, 6.45) is 0.226. The molecule has 1 aliphatic rings. The van der Waals surface area contributed by atoms with E-state index in [4.69, 9.17) is 4.74 Å². The van der Waals surface area contributed by atoms with Crippen molar-refractivity contribution in [2.75, 3.05) is 23.4 Å². The van der Waals surface area contributed by atoms with Crippen molar-refractivity contribution in [3.8, 4) is 5.75 Å². The zero-order valence-electron chi connectivity index (χ0n) is 14.4. The number of nitrogens with one attached hydrogen (secondary N) is 2. The number of carbonyl (C=O) groups excluding carboxylic acids is 2. The van der Waals surface area contributed by atoms with E-state index in [0.29, 0.717) is 18.8 Å². The number of urea groups is 1. The van der Waals surface area contributed by atoms with E-state index in [1.807, 2.05) is 31.2 Å². The van der Waals surface area contributed by atoms with E-state index in [0.717, 1.165) is 11.4 Å². The number of carbonyl (C=O) groups is 2. The third-order valence-electron chi connectivity index (χ3n) is 4.02. The van der Waals surface area contributed by atoms with Crippen LogP contribution >= 0.6 is 0 Å². The predicted molar refractivity (Wildman–Crippen MR) is 96.9 cm³/mol. The number of rotatable bonds is 5. The van der Waals surface area contributed by atoms with E-state index >= 15 is 0 Å². The van der Waals surface area contributed by atoms with Gasteiger partial charge in [-0.1, -0.05) is 0 Å². The third kappa shape index (κ3) is 4.30. The Morgan fingerprint density at radius 2 is 1.88 bits per heavy atom. The molecule has 0 aliphatic carbocycles. The lowest BCUT2D eigenvalue weighted by molar-refractivity contribution is -0.117. The van der Waals surface area contributed by atoms with Crippen LogP contribution in [0, 0.1) is 5.82 Å². The molecule has 2 aromatic carbocycles. The lowest BCUT2D eigenvalue weighted by atomic mass is 10.2. The second-order valence-corrected chi connectivity index (χ2v) is 5.94. The normalized spacial score (nSPS) is 16.5. The summed E-state index contributed by atoms with van der Waals surface area (Å²) in [5, 5.41) is 5.40. The highest BCUT2D eigenvalue weighted by atomic mass is 19.1. The lowest BCUT2D eigenvalue weighted by Gasteiger charge is -2.18. The predicted octanol–water partition coefficient (Wildman–Crippen LogP) is 3.15. The van der Waals surface area contributed by atoms with Crippen LogP contribution in [0.3, 0.4) is 0 Å². The number of anilines is 2. The Morgan fingerprint density at radius 3 is 2.54 bits per heavy atom. The molecule has 2 N–H and O–H groups in total. The Bertz CT molecular complexity index is 778. The molecule has 0 saturated carbocycles. The van der Waals surface area contributed by atoms with Gasteiger partial charge in [0.2, 0.25) is 5.91 Å². The molecule has 1 atom stereocenters. The van der Waals surface area contributed by atoms with Gasteiger partial charge < -0.3 is 20.3 Å². The van der Waals surface area contributed by atoms with Crippen LogP contribution in [0.25, 0.3) is 0 Å². The average Bonchev–Trinajstić information content (AvgIpc) is 2.98. The first kappa shape index (κ1) is 17.7. The fraction of sp³-hybridized carbons (Fsp3) is 0.263. The molecule has 1 fully saturated rings. The van der Waals surface area contributed by atoms with Crippen molar-refractivity contribution >= 4 is 23.3 Å². The first-order chi connectivity index (χ1) is 12.5. The molecule has 0 aromatic heterocycles. The van der Waals surface area contributed by atoms with Crippen LogP contribution in [0.5, 0.6) is 5.75 Å². The molecular weight excluding hydrogens is 337 g/mol. The van der Waals surface area contributed by atoms with E-state index < -0.39 is 6.03 Å². The molecule has 1 aliphatic heterocycles. The van der Waals surface area contributed by atoms with Crippen LogP contribution in [0.2, 0.25) is 0 Å². The van der Waals surface area contributed by atoms with Gasteiger partial charge in [0.25, 0.3) is 0 Å². The Morgan fingerprint density at radius 1 is 1.19 bits per heavy atom. The van der Waals surface area contributed by atoms with Gasteiger partial charge in [-0.15, -0.1) is 0 Å². The highest BCUT2D eigenvalue weighted by Crippen LogP contribution is 2.24. The summed E-state index contributed by atoms with van der Waals surface area (Å²) in [5.74, 6) is 0.320. The van der Waals surface area contributed by atoms with Crippen molar-refractivity contribution in [2.24, 2.45) is 0 Å². The molecule has 7 heteroatoms. The van der Waals surface area contributed by atoms with E-state index in [1.54, 1.807) is 4.90 Å². The van der Waals surface area contributed by atoms with E-state index in [-0.39, 0.29) is 24.2 Å². The standard InChI is InChI=1S/C19H20FN3O3/c1-2-26-17-9-7-16(8-10-17)23-12-15(11-18(23)24)22-19(25)21-14-5-3-13(20)4-6-14/h3-10,15H,2,11-12H2,1H3,(H2,21,22,25)/t15-/m1/s1. The summed E-state index contributed by atoms with van der Waals surface area (Å²) >= 11 is 0. The second-order valence-electron chi connectivity index (χ2n) is 5.94. The van der Waals surface area contributed by atoms with Crippen LogP contribution < -0.4 is 20.3 Å². The van der Waals surface area contributed by atoms with Crippen molar-refractivity contribution in [3.05, 3.63) is 54.3 Å². The van der Waals surface area contributed by atoms with Crippen molar-refractivity contribution in [1.29, 1.82) is 0 Å². The maximum Gasteiger partial charge on any atom is 0.319 e. The monoisotopic (exact) mass is 357 g/mol. The van der Waals surface area contributed by atoms with Crippen LogP contribution in [-0.4, -0.2) is 31.1 Å². The van der Waals surface area contributed by atoms with Gasteiger partial charge in [-0.25, -0.2) is 9.18 Å². The zero-order valence-corrected chi connectivity index (χ0v) is 14.4. The summed E-state index contributed by atoms with van der Waals surface area (Å²) in [4.78, 5) is 25.9. The van der Waals surface area contributed by atoms with Crippen LogP contribution in [0.15, 0.2) is 48.5 Å². The molecule has 0 spiro atoms. The van der Waals surface area contributed by atoms with E-state index in [1.165, 1.54) is 24.3 Å². The molecule has 1 saturated heterocycles. The maximum atomic E-state index is 12.9. The Kier molecular flexibility index (Phi) is 5.36. The zero-order chi connectivity index (χ0) is 18.5. The molecule has 6 nitrogen and oxygen atoms in total. The summed E-state index contributed by atoms with van der Waals surface area (Å²) in [5.41, 5.74) is 1.25. The lowest BCUT2D eigenvalue weighted by Crippen LogP contribution is -2.39. The molecule has 1 heterocycles. The van der Waals surface area contributed by atoms with Gasteiger partial charge in [-0.05, 0) is 55.5 Å². The topological polar surface area (TPSA) is 70.7 Å². The first-order valence-corrected chi connectivity index (χ1v) is 8.41. The third-order valence-corrected chi connectivity index (χ3v) is 4.02. The molecule has 3 rings (SSSR count). The minimum Gasteiger partial charge on any atom is -0.494 e. The molecule has 3 amide bonds. The number of hydrogen-bond donors (Lipinski definition) is 2. The minimum absolute atomic E-state index is 0.0544. The Balaban J connectivity index is 1.56. The maximum absolute atomic E-state index is 12.9. The summed E-state index contributed by atoms with van der Waals surface area (Å²) < 4.78 is 18.3. The van der Waals surface area contributed by atoms with Gasteiger partial charge in [0, 0.05) is 24.3 Å². The smallest absolute Gasteiger partial charge is 0.319 e. The van der Waals surface area contributed by atoms with Gasteiger partial charge in [-0.3, -0.25) is 4.79 Å². The Hall–Kier alpha value is -3.09. The van der Waals surface area contributed by atoms with Crippen molar-refractivity contribution in [2.45, 2.75) is 19.4 Å². The molecule has 0 radical (unpaired) electrons. The van der Waals surface area contributed by atoms with Gasteiger partial charge in [0.1, 0.15) is 11.6 Å². The molecule has 2 aromatic rings. The summed E-state index contributed by atoms with van der Waals surface area (Å²) in [6.45, 7) is 2.88. The number of nitrogens with zero attached hydrogens (tertiary/aromatic N) is 1. The molecule has 136 valence electrons. The molecule has 0 bridgehead atoms. The highest BCUT2D eigenvalue weighted by molar-refractivity contribution is 5.97. The second kappa shape index (κ2) is 7.86. The number of amides is 3. The SMILES string of the molecule is CCOc1ccc(N2C[C@H](NC(=O)Nc3ccc(F)cc3)CC2=O)cc1. The first-order valence-electron chi connectivity index (χ1n) is 8.41. The quantitative estimate of drug-likeness (QED) is 0.864. The summed E-state index contributed by atoms with van der Waals surface area (Å²) in [7, 11) is 0. The van der Waals surface area contributed by atoms with Gasteiger partial charge >= 0.3 is 6.03 Å². The van der Waals surface area contributed by atoms with Crippen molar-refractivity contribution < 1.29 is 18.7 Å². The highest BCUT2D eigenvalue weighted by Gasteiger charge is 2.31. The minimum atomic E-state index is -0.428. The molecule has 0 unspecified atom stereocenters. The fourth-order valence-corrected chi connectivity index (χ4v) is 2.83. The van der Waals surface area contributed by atoms with Crippen LogP contribution in [0.4, 0.5) is 20.6 Å². The van der Waals surface area contributed by atoms with Crippen LogP contribution in [-0.2, 0) is 4.79 Å². The number of hydrogen-bond acceptors (Lipinski definition) is 3. The number of halogens is 1. The Labute approximate surface area is 150 Å². The molecular formula is C19H20FN3O3. The van der Waals surface area contributed by atoms with Gasteiger partial charge in [0.05, 0.1) is 12.6 Å². The number of benzene rings is 2.